The van der Waals surface area contributed by atoms with Crippen LogP contribution < -0.4 is 0 Å². The van der Waals surface area contributed by atoms with Crippen LogP contribution in [0.15, 0.2) is 0 Å². The van der Waals surface area contributed by atoms with Crippen molar-refractivity contribution >= 4 is 14.0 Å². The predicted molar refractivity (Wildman–Crippen MR) is 65.0 cm³/mol. The van der Waals surface area contributed by atoms with Crippen molar-refractivity contribution in [2.24, 2.45) is 5.92 Å². The van der Waals surface area contributed by atoms with E-state index in [2.05, 4.69) is 13.8 Å². The van der Waals surface area contributed by atoms with Gasteiger partial charge < -0.3 is 9.63 Å². The van der Waals surface area contributed by atoms with Gasteiger partial charge in [-0.3, -0.25) is 9.36 Å². The van der Waals surface area contributed by atoms with Crippen LogP contribution in [-0.4, -0.2) is 23.6 Å². The summed E-state index contributed by atoms with van der Waals surface area (Å²) in [5, 5.41) is 0. The van der Waals surface area contributed by atoms with E-state index in [4.69, 9.17) is 9.63 Å². The molecule has 0 heterocycles. The van der Waals surface area contributed by atoms with Crippen molar-refractivity contribution in [3.8, 4) is 0 Å². The van der Waals surface area contributed by atoms with E-state index in [1.165, 1.54) is 0 Å². The van der Waals surface area contributed by atoms with Gasteiger partial charge in [0, 0.05) is 6.16 Å². The standard InChI is InChI=1S/C11H23O4P/c1-3-5-6-10(4-2)9-15-11(12)7-8-16(13)14/h10,16H,3-9H2,1-2H3,(H,13,14). The van der Waals surface area contributed by atoms with Crippen molar-refractivity contribution in [2.45, 2.75) is 46.0 Å². The number of hydrogen-bond acceptors (Lipinski definition) is 3. The van der Waals surface area contributed by atoms with Crippen molar-refractivity contribution < 1.29 is 19.0 Å². The number of carbonyl (C=O) groups is 1. The van der Waals surface area contributed by atoms with Crippen LogP contribution in [0.25, 0.3) is 0 Å². The van der Waals surface area contributed by atoms with Gasteiger partial charge in [0.1, 0.15) is 0 Å². The summed E-state index contributed by atoms with van der Waals surface area (Å²) in [7, 11) is -2.54. The summed E-state index contributed by atoms with van der Waals surface area (Å²) in [6.45, 7) is 4.67. The molecule has 2 unspecified atom stereocenters. The minimum Gasteiger partial charge on any atom is -0.465 e. The Labute approximate surface area is 98.2 Å². The summed E-state index contributed by atoms with van der Waals surface area (Å²) in [5.74, 6) is 0.0670. The van der Waals surface area contributed by atoms with Crippen LogP contribution in [-0.2, 0) is 14.1 Å². The first-order valence-corrected chi connectivity index (χ1v) is 7.53. The molecule has 0 radical (unpaired) electrons. The van der Waals surface area contributed by atoms with E-state index in [9.17, 15) is 9.36 Å². The van der Waals surface area contributed by atoms with Gasteiger partial charge in [-0.1, -0.05) is 33.1 Å². The van der Waals surface area contributed by atoms with E-state index in [-0.39, 0.29) is 18.6 Å². The van der Waals surface area contributed by atoms with Crippen LogP contribution in [0.3, 0.4) is 0 Å². The fourth-order valence-electron chi connectivity index (χ4n) is 1.39. The monoisotopic (exact) mass is 250 g/mol. The van der Waals surface area contributed by atoms with E-state index in [1.807, 2.05) is 0 Å². The minimum absolute atomic E-state index is 0.0370. The van der Waals surface area contributed by atoms with E-state index in [1.54, 1.807) is 0 Å². The van der Waals surface area contributed by atoms with Crippen LogP contribution in [0, 0.1) is 5.92 Å². The van der Waals surface area contributed by atoms with Crippen LogP contribution in [0.1, 0.15) is 46.0 Å². The van der Waals surface area contributed by atoms with Gasteiger partial charge in [-0.05, 0) is 12.3 Å². The molecule has 0 aromatic heterocycles. The van der Waals surface area contributed by atoms with Crippen LogP contribution in [0.4, 0.5) is 0 Å². The Morgan fingerprint density at radius 1 is 1.44 bits per heavy atom. The number of ether oxygens (including phenoxy) is 1. The molecule has 0 saturated heterocycles. The van der Waals surface area contributed by atoms with Crippen molar-refractivity contribution in [1.82, 2.24) is 0 Å². The molecule has 0 rings (SSSR count). The van der Waals surface area contributed by atoms with Gasteiger partial charge in [0.25, 0.3) is 0 Å². The quantitative estimate of drug-likeness (QED) is 0.504. The summed E-state index contributed by atoms with van der Waals surface area (Å²) < 4.78 is 15.5. The lowest BCUT2D eigenvalue weighted by atomic mass is 10.0. The van der Waals surface area contributed by atoms with Gasteiger partial charge in [0.15, 0.2) is 8.03 Å². The van der Waals surface area contributed by atoms with Crippen molar-refractivity contribution in [1.29, 1.82) is 0 Å². The van der Waals surface area contributed by atoms with E-state index < -0.39 is 8.03 Å². The second-order valence-electron chi connectivity index (χ2n) is 3.99. The Balaban J connectivity index is 3.66. The molecule has 4 nitrogen and oxygen atoms in total. The Morgan fingerprint density at radius 2 is 2.12 bits per heavy atom. The molecule has 2 atom stereocenters. The molecule has 5 heteroatoms. The zero-order valence-electron chi connectivity index (χ0n) is 10.2. The molecule has 0 aliphatic rings. The SMILES string of the molecule is CCCCC(CC)COC(=O)CC[PH](=O)O. The Kier molecular flexibility index (Phi) is 9.65. The average Bonchev–Trinajstić information content (AvgIpc) is 2.26. The fraction of sp³-hybridized carbons (Fsp3) is 0.909. The van der Waals surface area contributed by atoms with Gasteiger partial charge in [-0.2, -0.15) is 0 Å². The maximum absolute atomic E-state index is 11.2. The van der Waals surface area contributed by atoms with Gasteiger partial charge in [0.05, 0.1) is 13.0 Å². The Hall–Kier alpha value is -0.340. The second kappa shape index (κ2) is 9.86. The smallest absolute Gasteiger partial charge is 0.306 e. The average molecular weight is 250 g/mol. The number of rotatable bonds is 9. The van der Waals surface area contributed by atoms with Crippen LogP contribution in [0.2, 0.25) is 0 Å². The third-order valence-corrected chi connectivity index (χ3v) is 3.24. The second-order valence-corrected chi connectivity index (χ2v) is 5.28. The first-order chi connectivity index (χ1) is 7.60. The topological polar surface area (TPSA) is 63.6 Å². The molecule has 0 amide bonds. The molecule has 0 aromatic carbocycles. The molecule has 96 valence electrons. The number of esters is 1. The molecule has 0 aromatic rings. The zero-order valence-corrected chi connectivity index (χ0v) is 11.2. The molecular formula is C11H23O4P. The lowest BCUT2D eigenvalue weighted by Gasteiger charge is -2.14. The Morgan fingerprint density at radius 3 is 2.62 bits per heavy atom. The largest absolute Gasteiger partial charge is 0.465 e. The zero-order chi connectivity index (χ0) is 12.4. The van der Waals surface area contributed by atoms with E-state index >= 15 is 0 Å². The van der Waals surface area contributed by atoms with Crippen molar-refractivity contribution in [3.05, 3.63) is 0 Å². The highest BCUT2D eigenvalue weighted by Crippen LogP contribution is 2.16. The molecule has 1 N–H and O–H groups in total. The Bertz CT molecular complexity index is 218. The minimum atomic E-state index is -2.54. The molecule has 0 aliphatic carbocycles. The first-order valence-electron chi connectivity index (χ1n) is 5.97. The third kappa shape index (κ3) is 8.93. The molecule has 0 spiro atoms. The predicted octanol–water partition coefficient (Wildman–Crippen LogP) is 2.60. The lowest BCUT2D eigenvalue weighted by Crippen LogP contribution is -2.14. The lowest BCUT2D eigenvalue weighted by molar-refractivity contribution is -0.144. The highest BCUT2D eigenvalue weighted by Gasteiger charge is 2.10. The summed E-state index contributed by atoms with van der Waals surface area (Å²) in [5.41, 5.74) is 0. The summed E-state index contributed by atoms with van der Waals surface area (Å²) in [6.07, 6.45) is 4.48. The number of carbonyl (C=O) groups excluding carboxylic acids is 1. The summed E-state index contributed by atoms with van der Waals surface area (Å²) in [4.78, 5) is 19.8. The van der Waals surface area contributed by atoms with Gasteiger partial charge in [-0.25, -0.2) is 0 Å². The van der Waals surface area contributed by atoms with Crippen LogP contribution in [0.5, 0.6) is 0 Å². The van der Waals surface area contributed by atoms with Crippen LogP contribution >= 0.6 is 8.03 Å². The molecule has 0 fully saturated rings. The maximum Gasteiger partial charge on any atom is 0.306 e. The maximum atomic E-state index is 11.2. The van der Waals surface area contributed by atoms with Crippen molar-refractivity contribution in [3.63, 3.8) is 0 Å². The molecule has 0 saturated carbocycles. The summed E-state index contributed by atoms with van der Waals surface area (Å²) >= 11 is 0. The summed E-state index contributed by atoms with van der Waals surface area (Å²) in [6, 6.07) is 0. The van der Waals surface area contributed by atoms with Gasteiger partial charge in [-0.15, -0.1) is 0 Å². The first kappa shape index (κ1) is 15.7. The highest BCUT2D eigenvalue weighted by molar-refractivity contribution is 7.38. The molecular weight excluding hydrogens is 227 g/mol. The molecule has 16 heavy (non-hydrogen) atoms. The molecule has 0 aliphatic heterocycles. The number of hydrogen-bond donors (Lipinski definition) is 1. The van der Waals surface area contributed by atoms with Gasteiger partial charge >= 0.3 is 5.97 Å². The highest BCUT2D eigenvalue weighted by atomic mass is 31.1. The fourth-order valence-corrected chi connectivity index (χ4v) is 1.81. The van der Waals surface area contributed by atoms with Gasteiger partial charge in [0.2, 0.25) is 0 Å². The normalized spacial score (nSPS) is 14.4. The van der Waals surface area contributed by atoms with Crippen molar-refractivity contribution in [2.75, 3.05) is 12.8 Å². The number of unbranched alkanes of at least 4 members (excludes halogenated alkanes) is 1. The van der Waals surface area contributed by atoms with E-state index in [0.29, 0.717) is 12.5 Å². The molecule has 0 bridgehead atoms. The van der Waals surface area contributed by atoms with E-state index in [0.717, 1.165) is 25.7 Å². The third-order valence-electron chi connectivity index (χ3n) is 2.57.